The molecule has 0 heteroatoms. The Labute approximate surface area is 224 Å². The van der Waals surface area contributed by atoms with Crippen molar-refractivity contribution < 1.29 is 0 Å². The summed E-state index contributed by atoms with van der Waals surface area (Å²) < 4.78 is 0. The van der Waals surface area contributed by atoms with E-state index < -0.39 is 0 Å². The molecule has 0 heterocycles. The predicted molar refractivity (Wildman–Crippen MR) is 167 cm³/mol. The van der Waals surface area contributed by atoms with E-state index in [0.29, 0.717) is 0 Å². The Morgan fingerprint density at radius 3 is 1.89 bits per heavy atom. The fourth-order valence-corrected chi connectivity index (χ4v) is 5.43. The van der Waals surface area contributed by atoms with Gasteiger partial charge in [-0.2, -0.15) is 0 Å². The molecular formula is C36H52. The monoisotopic (exact) mass is 484 g/mol. The SMILES string of the molecule is C=C/C=C1/C(C=C)=C(C(=C)C(/C=C\C)=C/C)C2(CCCC2)/C1=C(/C)c1ccccc1.CC.CC.CC. The third-order valence-corrected chi connectivity index (χ3v) is 6.62. The Bertz CT molecular complexity index is 993. The van der Waals surface area contributed by atoms with Gasteiger partial charge in [0.25, 0.3) is 0 Å². The van der Waals surface area contributed by atoms with Gasteiger partial charge in [-0.3, -0.25) is 0 Å². The van der Waals surface area contributed by atoms with Gasteiger partial charge in [-0.1, -0.05) is 141 Å². The smallest absolute Gasteiger partial charge is 0.0224 e. The van der Waals surface area contributed by atoms with Gasteiger partial charge >= 0.3 is 0 Å². The molecule has 0 unspecified atom stereocenters. The molecule has 0 atom stereocenters. The second kappa shape index (κ2) is 17.6. The van der Waals surface area contributed by atoms with E-state index in [1.807, 2.05) is 53.7 Å². The third kappa shape index (κ3) is 6.88. The highest BCUT2D eigenvalue weighted by Gasteiger charge is 2.49. The van der Waals surface area contributed by atoms with Crippen LogP contribution in [0.15, 0.2) is 120 Å². The maximum absolute atomic E-state index is 4.60. The lowest BCUT2D eigenvalue weighted by molar-refractivity contribution is 0.474. The second-order valence-corrected chi connectivity index (χ2v) is 8.19. The Hall–Kier alpha value is -2.86. The highest BCUT2D eigenvalue weighted by Crippen LogP contribution is 2.63. The first-order valence-electron chi connectivity index (χ1n) is 14.0. The summed E-state index contributed by atoms with van der Waals surface area (Å²) in [6, 6.07) is 10.8. The van der Waals surface area contributed by atoms with Gasteiger partial charge in [0.1, 0.15) is 0 Å². The molecule has 0 aliphatic heterocycles. The van der Waals surface area contributed by atoms with Crippen LogP contribution in [0.3, 0.4) is 0 Å². The fourth-order valence-electron chi connectivity index (χ4n) is 5.43. The minimum absolute atomic E-state index is 0.00871. The molecule has 0 N–H and O–H groups in total. The summed E-state index contributed by atoms with van der Waals surface area (Å²) in [6.45, 7) is 31.3. The summed E-state index contributed by atoms with van der Waals surface area (Å²) in [7, 11) is 0. The average molecular weight is 485 g/mol. The van der Waals surface area contributed by atoms with E-state index in [1.165, 1.54) is 51.8 Å². The van der Waals surface area contributed by atoms with Gasteiger partial charge in [-0.25, -0.2) is 0 Å². The van der Waals surface area contributed by atoms with Crippen molar-refractivity contribution >= 4 is 5.57 Å². The van der Waals surface area contributed by atoms with Crippen LogP contribution < -0.4 is 0 Å². The summed E-state index contributed by atoms with van der Waals surface area (Å²) in [5.74, 6) is 0. The number of hydrogen-bond donors (Lipinski definition) is 0. The second-order valence-electron chi connectivity index (χ2n) is 8.19. The van der Waals surface area contributed by atoms with Crippen molar-refractivity contribution in [1.29, 1.82) is 0 Å². The maximum Gasteiger partial charge on any atom is 0.0224 e. The molecule has 1 spiro atoms. The van der Waals surface area contributed by atoms with E-state index >= 15 is 0 Å². The minimum Gasteiger partial charge on any atom is -0.0990 e. The van der Waals surface area contributed by atoms with Gasteiger partial charge in [-0.05, 0) is 78.2 Å². The molecule has 3 rings (SSSR count). The Morgan fingerprint density at radius 2 is 1.44 bits per heavy atom. The van der Waals surface area contributed by atoms with Crippen molar-refractivity contribution in [2.75, 3.05) is 0 Å². The van der Waals surface area contributed by atoms with Crippen LogP contribution in [0, 0.1) is 5.41 Å². The zero-order valence-corrected chi connectivity index (χ0v) is 24.8. The lowest BCUT2D eigenvalue weighted by Crippen LogP contribution is -2.21. The zero-order chi connectivity index (χ0) is 27.7. The van der Waals surface area contributed by atoms with E-state index in [9.17, 15) is 0 Å². The topological polar surface area (TPSA) is 0 Å². The first-order valence-corrected chi connectivity index (χ1v) is 14.0. The molecule has 1 aromatic carbocycles. The molecule has 2 aliphatic rings. The first-order chi connectivity index (χ1) is 17.6. The molecule has 1 aromatic rings. The van der Waals surface area contributed by atoms with Crippen LogP contribution in [0.4, 0.5) is 0 Å². The average Bonchev–Trinajstić information content (AvgIpc) is 3.53. The van der Waals surface area contributed by atoms with E-state index in [2.05, 4.69) is 95.1 Å². The lowest BCUT2D eigenvalue weighted by atomic mass is 9.70. The van der Waals surface area contributed by atoms with E-state index in [4.69, 9.17) is 0 Å². The fraction of sp³-hybridized carbons (Fsp3) is 0.389. The molecule has 0 bridgehead atoms. The minimum atomic E-state index is -0.00871. The summed E-state index contributed by atoms with van der Waals surface area (Å²) in [4.78, 5) is 0. The number of allylic oxidation sites excluding steroid dienone is 13. The Kier molecular flexibility index (Phi) is 16.2. The van der Waals surface area contributed by atoms with Gasteiger partial charge in [-0.15, -0.1) is 0 Å². The van der Waals surface area contributed by atoms with Crippen molar-refractivity contribution in [2.24, 2.45) is 5.41 Å². The van der Waals surface area contributed by atoms with Crippen molar-refractivity contribution in [1.82, 2.24) is 0 Å². The highest BCUT2D eigenvalue weighted by molar-refractivity contribution is 5.83. The van der Waals surface area contributed by atoms with Crippen molar-refractivity contribution in [2.45, 2.75) is 88.0 Å². The number of hydrogen-bond acceptors (Lipinski definition) is 0. The van der Waals surface area contributed by atoms with Gasteiger partial charge in [0, 0.05) is 5.41 Å². The van der Waals surface area contributed by atoms with Crippen LogP contribution in [0.2, 0.25) is 0 Å². The van der Waals surface area contributed by atoms with Gasteiger partial charge in [0.2, 0.25) is 0 Å². The largest absolute Gasteiger partial charge is 0.0990 e. The number of benzene rings is 1. The molecule has 0 radical (unpaired) electrons. The van der Waals surface area contributed by atoms with Gasteiger partial charge in [0.05, 0.1) is 0 Å². The van der Waals surface area contributed by atoms with Gasteiger partial charge in [0.15, 0.2) is 0 Å². The van der Waals surface area contributed by atoms with E-state index in [0.717, 1.165) is 18.4 Å². The van der Waals surface area contributed by atoms with Crippen LogP contribution in [0.25, 0.3) is 5.57 Å². The normalized spacial score (nSPS) is 18.6. The zero-order valence-electron chi connectivity index (χ0n) is 24.8. The van der Waals surface area contributed by atoms with E-state index in [-0.39, 0.29) is 5.41 Å². The molecule has 0 amide bonds. The maximum atomic E-state index is 4.60. The van der Waals surface area contributed by atoms with Crippen LogP contribution in [-0.2, 0) is 0 Å². The highest BCUT2D eigenvalue weighted by atomic mass is 14.5. The molecule has 36 heavy (non-hydrogen) atoms. The van der Waals surface area contributed by atoms with Crippen molar-refractivity contribution in [3.05, 3.63) is 126 Å². The molecule has 0 nitrogen and oxygen atoms in total. The van der Waals surface area contributed by atoms with Crippen LogP contribution in [-0.4, -0.2) is 0 Å². The molecule has 0 aromatic heterocycles. The molecule has 196 valence electrons. The summed E-state index contributed by atoms with van der Waals surface area (Å²) in [5, 5.41) is 0. The van der Waals surface area contributed by atoms with Crippen molar-refractivity contribution in [3.8, 4) is 0 Å². The molecule has 0 saturated heterocycles. The summed E-state index contributed by atoms with van der Waals surface area (Å²) >= 11 is 0. The van der Waals surface area contributed by atoms with Gasteiger partial charge < -0.3 is 0 Å². The standard InChI is InChI=1S/C30H34.3C2H6/c1-7-16-24(9-3)22(5)28-26(10-4)27(17-8-2)29(30(28)20-14-15-21-30)23(6)25-18-12-11-13-19-25;3*1-2/h7-13,16-19H,2,4-5,14-15,20-21H2,1,3,6H3;3*1-2H3/b16-7-,24-9+,27-17-,29-23-;;;. The van der Waals surface area contributed by atoms with E-state index in [1.54, 1.807) is 0 Å². The quantitative estimate of drug-likeness (QED) is 0.352. The first kappa shape index (κ1) is 33.1. The predicted octanol–water partition coefficient (Wildman–Crippen LogP) is 11.8. The Morgan fingerprint density at radius 1 is 0.889 bits per heavy atom. The van der Waals surface area contributed by atoms with Crippen LogP contribution in [0.5, 0.6) is 0 Å². The molecule has 1 saturated carbocycles. The molecular weight excluding hydrogens is 432 g/mol. The Balaban J connectivity index is 0.00000190. The molecule has 2 aliphatic carbocycles. The van der Waals surface area contributed by atoms with Crippen LogP contribution >= 0.6 is 0 Å². The number of rotatable bonds is 6. The van der Waals surface area contributed by atoms with Crippen molar-refractivity contribution in [3.63, 3.8) is 0 Å². The molecule has 1 fully saturated rings. The van der Waals surface area contributed by atoms with Crippen LogP contribution in [0.1, 0.15) is 93.6 Å². The summed E-state index contributed by atoms with van der Waals surface area (Å²) in [5.41, 5.74) is 10.2. The third-order valence-electron chi connectivity index (χ3n) is 6.62. The summed E-state index contributed by atoms with van der Waals surface area (Å²) in [6.07, 6.45) is 17.3. The lowest BCUT2D eigenvalue weighted by Gasteiger charge is -2.33.